The summed E-state index contributed by atoms with van der Waals surface area (Å²) in [5.74, 6) is 0. The number of rotatable bonds is 2. The van der Waals surface area contributed by atoms with Crippen LogP contribution in [0.3, 0.4) is 0 Å². The van der Waals surface area contributed by atoms with Crippen molar-refractivity contribution >= 4 is 64.6 Å². The van der Waals surface area contributed by atoms with E-state index < -0.39 is 0 Å². The van der Waals surface area contributed by atoms with Crippen molar-refractivity contribution in [3.8, 4) is 0 Å². The van der Waals surface area contributed by atoms with Crippen LogP contribution >= 0.6 is 54.5 Å². The van der Waals surface area contributed by atoms with E-state index in [1.807, 2.05) is 0 Å². The molecule has 0 nitrogen and oxygen atoms in total. The molecule has 4 heteroatoms. The van der Waals surface area contributed by atoms with Crippen molar-refractivity contribution in [2.45, 2.75) is 4.83 Å². The third-order valence-corrected chi connectivity index (χ3v) is 6.83. The summed E-state index contributed by atoms with van der Waals surface area (Å²) in [4.78, 5) is 1.60. The fraction of sp³-hybridized carbons (Fsp3) is 0.0769. The Hall–Kier alpha value is -0.160. The van der Waals surface area contributed by atoms with Gasteiger partial charge in [0.2, 0.25) is 0 Å². The Balaban J connectivity index is 2.13. The van der Waals surface area contributed by atoms with E-state index in [1.54, 1.807) is 22.7 Å². The zero-order chi connectivity index (χ0) is 11.8. The Labute approximate surface area is 125 Å². The molecule has 0 fully saturated rings. The van der Waals surface area contributed by atoms with Crippen LogP contribution in [0.25, 0.3) is 10.1 Å². The molecule has 1 aromatic carbocycles. The molecule has 17 heavy (non-hydrogen) atoms. The normalized spacial score (nSPS) is 13.1. The zero-order valence-electron chi connectivity index (χ0n) is 8.69. The average Bonchev–Trinajstić information content (AvgIpc) is 2.94. The molecule has 0 radical (unpaired) electrons. The molecule has 0 saturated carbocycles. The summed E-state index contributed by atoms with van der Waals surface area (Å²) >= 11 is 11.0. The standard InChI is InChI=1S/C13H8Br2S2/c14-10-5-6-16-13(10)12(15)9-7-17-11-4-2-1-3-8(9)11/h1-7,12H. The second-order valence-electron chi connectivity index (χ2n) is 3.68. The van der Waals surface area contributed by atoms with E-state index in [1.165, 1.54) is 25.0 Å². The number of fused-ring (bicyclic) bond motifs is 1. The number of hydrogen-bond acceptors (Lipinski definition) is 2. The van der Waals surface area contributed by atoms with Gasteiger partial charge in [-0.1, -0.05) is 34.1 Å². The molecule has 2 heterocycles. The van der Waals surface area contributed by atoms with Gasteiger partial charge in [0.05, 0.1) is 4.83 Å². The minimum absolute atomic E-state index is 0.271. The highest BCUT2D eigenvalue weighted by atomic mass is 79.9. The van der Waals surface area contributed by atoms with Gasteiger partial charge >= 0.3 is 0 Å². The van der Waals surface area contributed by atoms with Crippen molar-refractivity contribution < 1.29 is 0 Å². The van der Waals surface area contributed by atoms with Gasteiger partial charge in [0.15, 0.2) is 0 Å². The molecule has 0 saturated heterocycles. The SMILES string of the molecule is Brc1ccsc1C(Br)c1csc2ccccc12. The lowest BCUT2D eigenvalue weighted by Crippen LogP contribution is -1.88. The predicted molar refractivity (Wildman–Crippen MR) is 84.6 cm³/mol. The first-order valence-electron chi connectivity index (χ1n) is 5.10. The van der Waals surface area contributed by atoms with E-state index in [9.17, 15) is 0 Å². The lowest BCUT2D eigenvalue weighted by molar-refractivity contribution is 1.25. The van der Waals surface area contributed by atoms with Gasteiger partial charge in [-0.15, -0.1) is 22.7 Å². The van der Waals surface area contributed by atoms with Crippen LogP contribution in [0, 0.1) is 0 Å². The number of alkyl halides is 1. The van der Waals surface area contributed by atoms with Gasteiger partial charge in [-0.3, -0.25) is 0 Å². The molecule has 3 rings (SSSR count). The van der Waals surface area contributed by atoms with Gasteiger partial charge in [0.25, 0.3) is 0 Å². The highest BCUT2D eigenvalue weighted by Gasteiger charge is 2.18. The van der Waals surface area contributed by atoms with Gasteiger partial charge in [-0.2, -0.15) is 0 Å². The van der Waals surface area contributed by atoms with Crippen molar-refractivity contribution in [1.82, 2.24) is 0 Å². The predicted octanol–water partition coefficient (Wildman–Crippen LogP) is 6.21. The fourth-order valence-electron chi connectivity index (χ4n) is 1.82. The molecule has 0 aliphatic heterocycles. The average molecular weight is 388 g/mol. The van der Waals surface area contributed by atoms with Crippen LogP contribution in [0.15, 0.2) is 45.6 Å². The summed E-state index contributed by atoms with van der Waals surface area (Å²) in [6.45, 7) is 0. The van der Waals surface area contributed by atoms with E-state index in [-0.39, 0.29) is 4.83 Å². The molecule has 0 aliphatic rings. The van der Waals surface area contributed by atoms with Gasteiger partial charge in [-0.05, 0) is 49.8 Å². The molecule has 0 amide bonds. The Morgan fingerprint density at radius 3 is 2.65 bits per heavy atom. The summed E-state index contributed by atoms with van der Waals surface area (Å²) in [6.07, 6.45) is 0. The Morgan fingerprint density at radius 1 is 1.06 bits per heavy atom. The number of benzene rings is 1. The number of halogens is 2. The summed E-state index contributed by atoms with van der Waals surface area (Å²) in [5.41, 5.74) is 1.36. The van der Waals surface area contributed by atoms with Crippen molar-refractivity contribution in [2.24, 2.45) is 0 Å². The molecule has 2 aromatic heterocycles. The highest BCUT2D eigenvalue weighted by molar-refractivity contribution is 9.11. The molecule has 86 valence electrons. The summed E-state index contributed by atoms with van der Waals surface area (Å²) < 4.78 is 2.53. The highest BCUT2D eigenvalue weighted by Crippen LogP contribution is 2.43. The first-order chi connectivity index (χ1) is 8.27. The maximum Gasteiger partial charge on any atom is 0.0763 e. The fourth-order valence-corrected chi connectivity index (χ4v) is 5.83. The summed E-state index contributed by atoms with van der Waals surface area (Å²) in [6, 6.07) is 10.7. The van der Waals surface area contributed by atoms with E-state index >= 15 is 0 Å². The van der Waals surface area contributed by atoms with E-state index in [2.05, 4.69) is 73.0 Å². The molecule has 0 aliphatic carbocycles. The number of thiophene rings is 2. The van der Waals surface area contributed by atoms with Crippen LogP contribution in [-0.4, -0.2) is 0 Å². The molecule has 0 bridgehead atoms. The van der Waals surface area contributed by atoms with Crippen LogP contribution in [0.5, 0.6) is 0 Å². The Bertz CT molecular complexity index is 654. The van der Waals surface area contributed by atoms with Gasteiger partial charge in [-0.25, -0.2) is 0 Å². The quantitative estimate of drug-likeness (QED) is 0.458. The van der Waals surface area contributed by atoms with Crippen molar-refractivity contribution in [3.63, 3.8) is 0 Å². The molecule has 0 spiro atoms. The monoisotopic (exact) mass is 386 g/mol. The second-order valence-corrected chi connectivity index (χ2v) is 7.31. The maximum atomic E-state index is 3.81. The molecular weight excluding hydrogens is 380 g/mol. The topological polar surface area (TPSA) is 0 Å². The van der Waals surface area contributed by atoms with Crippen molar-refractivity contribution in [3.05, 3.63) is 56.0 Å². The van der Waals surface area contributed by atoms with Crippen LogP contribution in [0.2, 0.25) is 0 Å². The van der Waals surface area contributed by atoms with E-state index in [0.29, 0.717) is 0 Å². The minimum atomic E-state index is 0.271. The van der Waals surface area contributed by atoms with E-state index in [0.717, 1.165) is 0 Å². The van der Waals surface area contributed by atoms with Gasteiger partial charge < -0.3 is 0 Å². The third kappa shape index (κ3) is 2.12. The first-order valence-corrected chi connectivity index (χ1v) is 8.57. The molecular formula is C13H8Br2S2. The first kappa shape index (κ1) is 11.9. The Kier molecular flexibility index (Phi) is 3.39. The minimum Gasteiger partial charge on any atom is -0.146 e. The lowest BCUT2D eigenvalue weighted by Gasteiger charge is -2.07. The zero-order valence-corrected chi connectivity index (χ0v) is 13.5. The van der Waals surface area contributed by atoms with Crippen molar-refractivity contribution in [1.29, 1.82) is 0 Å². The van der Waals surface area contributed by atoms with Crippen LogP contribution in [0.1, 0.15) is 15.3 Å². The molecule has 0 N–H and O–H groups in total. The lowest BCUT2D eigenvalue weighted by atomic mass is 10.1. The third-order valence-electron chi connectivity index (χ3n) is 2.66. The largest absolute Gasteiger partial charge is 0.146 e. The summed E-state index contributed by atoms with van der Waals surface area (Å²) in [5, 5.41) is 5.71. The second kappa shape index (κ2) is 4.84. The molecule has 3 aromatic rings. The van der Waals surface area contributed by atoms with Crippen LogP contribution in [0.4, 0.5) is 0 Å². The van der Waals surface area contributed by atoms with Gasteiger partial charge in [0, 0.05) is 14.0 Å². The van der Waals surface area contributed by atoms with Crippen molar-refractivity contribution in [2.75, 3.05) is 0 Å². The maximum absolute atomic E-state index is 3.81. The van der Waals surface area contributed by atoms with Gasteiger partial charge in [0.1, 0.15) is 0 Å². The van der Waals surface area contributed by atoms with E-state index in [4.69, 9.17) is 0 Å². The molecule has 1 atom stereocenters. The van der Waals surface area contributed by atoms with Crippen LogP contribution < -0.4 is 0 Å². The Morgan fingerprint density at radius 2 is 1.88 bits per heavy atom. The smallest absolute Gasteiger partial charge is 0.0763 e. The number of hydrogen-bond donors (Lipinski definition) is 0. The van der Waals surface area contributed by atoms with Crippen LogP contribution in [-0.2, 0) is 0 Å². The summed E-state index contributed by atoms with van der Waals surface area (Å²) in [7, 11) is 0. The molecule has 1 unspecified atom stereocenters.